The molecule has 0 saturated carbocycles. The molecule has 0 aliphatic heterocycles. The van der Waals surface area contributed by atoms with Gasteiger partial charge in [0.1, 0.15) is 17.8 Å². The third-order valence-corrected chi connectivity index (χ3v) is 6.76. The standard InChI is InChI=1S/C21H23F3N6O3S/c1-3-30(4-2)34(31,32)17-11-7-15(8-12-17)29-20-18(25)19(26-13-27-20)28-14-5-9-16(10-6-14)33-21(22,23)24/h5-13H,3-4,25H2,1-2H3,(H2,26,27,28,29). The van der Waals surface area contributed by atoms with Crippen LogP contribution in [0.3, 0.4) is 0 Å². The largest absolute Gasteiger partial charge is 0.573 e. The first kappa shape index (κ1) is 25.1. The number of anilines is 5. The Labute approximate surface area is 194 Å². The van der Waals surface area contributed by atoms with E-state index in [1.807, 2.05) is 0 Å². The van der Waals surface area contributed by atoms with Gasteiger partial charge in [0.2, 0.25) is 10.0 Å². The van der Waals surface area contributed by atoms with E-state index in [1.165, 1.54) is 34.9 Å². The molecule has 0 saturated heterocycles. The number of benzene rings is 2. The molecule has 4 N–H and O–H groups in total. The predicted molar refractivity (Wildman–Crippen MR) is 123 cm³/mol. The van der Waals surface area contributed by atoms with Gasteiger partial charge in [-0.25, -0.2) is 18.4 Å². The summed E-state index contributed by atoms with van der Waals surface area (Å²) in [7, 11) is -3.58. The zero-order valence-corrected chi connectivity index (χ0v) is 19.1. The summed E-state index contributed by atoms with van der Waals surface area (Å²) in [6.45, 7) is 4.27. The van der Waals surface area contributed by atoms with Crippen LogP contribution in [0.1, 0.15) is 13.8 Å². The summed E-state index contributed by atoms with van der Waals surface area (Å²) in [5.74, 6) is 0.124. The molecule has 0 radical (unpaired) electrons. The van der Waals surface area contributed by atoms with Gasteiger partial charge in [-0.15, -0.1) is 13.2 Å². The minimum Gasteiger partial charge on any atom is -0.406 e. The summed E-state index contributed by atoms with van der Waals surface area (Å²) in [5, 5.41) is 5.90. The molecule has 0 fully saturated rings. The van der Waals surface area contributed by atoms with Crippen molar-refractivity contribution in [1.82, 2.24) is 14.3 Å². The number of alkyl halides is 3. The molecule has 9 nitrogen and oxygen atoms in total. The number of aromatic nitrogens is 2. The van der Waals surface area contributed by atoms with E-state index >= 15 is 0 Å². The van der Waals surface area contributed by atoms with Crippen molar-refractivity contribution in [3.8, 4) is 5.75 Å². The molecule has 2 aromatic carbocycles. The van der Waals surface area contributed by atoms with Crippen molar-refractivity contribution in [2.24, 2.45) is 0 Å². The van der Waals surface area contributed by atoms with E-state index in [-0.39, 0.29) is 28.0 Å². The lowest BCUT2D eigenvalue weighted by atomic mass is 10.3. The molecule has 0 spiro atoms. The average Bonchev–Trinajstić information content (AvgIpc) is 2.78. The Hall–Kier alpha value is -3.58. The van der Waals surface area contributed by atoms with Gasteiger partial charge in [0.05, 0.1) is 4.90 Å². The summed E-state index contributed by atoms with van der Waals surface area (Å²) < 4.78 is 67.3. The average molecular weight is 497 g/mol. The first-order chi connectivity index (χ1) is 16.0. The summed E-state index contributed by atoms with van der Waals surface area (Å²) in [6.07, 6.45) is -3.53. The van der Waals surface area contributed by atoms with Crippen molar-refractivity contribution in [2.75, 3.05) is 29.5 Å². The molecule has 182 valence electrons. The molecule has 34 heavy (non-hydrogen) atoms. The summed E-state index contributed by atoms with van der Waals surface area (Å²) in [5.41, 5.74) is 7.26. The zero-order chi connectivity index (χ0) is 24.9. The topological polar surface area (TPSA) is 122 Å². The van der Waals surface area contributed by atoms with Crippen molar-refractivity contribution in [1.29, 1.82) is 0 Å². The number of hydrogen-bond acceptors (Lipinski definition) is 8. The molecule has 3 rings (SSSR count). The highest BCUT2D eigenvalue weighted by Crippen LogP contribution is 2.30. The fourth-order valence-corrected chi connectivity index (χ4v) is 4.49. The van der Waals surface area contributed by atoms with Gasteiger partial charge in [0, 0.05) is 24.5 Å². The highest BCUT2D eigenvalue weighted by Gasteiger charge is 2.31. The highest BCUT2D eigenvalue weighted by atomic mass is 32.2. The molecule has 1 aromatic heterocycles. The van der Waals surface area contributed by atoms with Gasteiger partial charge in [0.25, 0.3) is 0 Å². The molecule has 13 heteroatoms. The van der Waals surface area contributed by atoms with Crippen molar-refractivity contribution < 1.29 is 26.3 Å². The van der Waals surface area contributed by atoms with Crippen molar-refractivity contribution in [3.63, 3.8) is 0 Å². The van der Waals surface area contributed by atoms with Crippen LogP contribution in [0.4, 0.5) is 41.9 Å². The lowest BCUT2D eigenvalue weighted by Crippen LogP contribution is -2.30. The van der Waals surface area contributed by atoms with E-state index in [2.05, 4.69) is 25.3 Å². The van der Waals surface area contributed by atoms with Crippen LogP contribution in [0.2, 0.25) is 0 Å². The maximum Gasteiger partial charge on any atom is 0.573 e. The third-order valence-electron chi connectivity index (χ3n) is 4.69. The normalized spacial score (nSPS) is 11.9. The molecule has 0 aliphatic rings. The van der Waals surface area contributed by atoms with Crippen LogP contribution >= 0.6 is 0 Å². The Kier molecular flexibility index (Phi) is 7.47. The van der Waals surface area contributed by atoms with Gasteiger partial charge < -0.3 is 21.1 Å². The number of nitrogens with two attached hydrogens (primary N) is 1. The van der Waals surface area contributed by atoms with Crippen molar-refractivity contribution >= 4 is 38.7 Å². The Morgan fingerprint density at radius 1 is 0.912 bits per heavy atom. The van der Waals surface area contributed by atoms with Crippen molar-refractivity contribution in [2.45, 2.75) is 25.1 Å². The Balaban J connectivity index is 1.74. The van der Waals surface area contributed by atoms with Crippen LogP contribution in [-0.4, -0.2) is 42.1 Å². The number of nitrogen functional groups attached to an aromatic ring is 1. The molecule has 3 aromatic rings. The fourth-order valence-electron chi connectivity index (χ4n) is 3.03. The molecule has 0 amide bonds. The van der Waals surface area contributed by atoms with Gasteiger partial charge >= 0.3 is 6.36 Å². The Bertz CT molecular complexity index is 1220. The summed E-state index contributed by atoms with van der Waals surface area (Å²) in [4.78, 5) is 8.32. The molecular formula is C21H23F3N6O3S. The van der Waals surface area contributed by atoms with Crippen LogP contribution in [0.25, 0.3) is 0 Å². The quantitative estimate of drug-likeness (QED) is 0.397. The van der Waals surface area contributed by atoms with Crippen LogP contribution in [0.15, 0.2) is 59.8 Å². The second-order valence-corrected chi connectivity index (χ2v) is 8.86. The maximum atomic E-state index is 12.6. The number of rotatable bonds is 9. The van der Waals surface area contributed by atoms with E-state index < -0.39 is 16.4 Å². The molecule has 0 unspecified atom stereocenters. The lowest BCUT2D eigenvalue weighted by Gasteiger charge is -2.18. The summed E-state index contributed by atoms with van der Waals surface area (Å²) in [6, 6.07) is 11.2. The lowest BCUT2D eigenvalue weighted by molar-refractivity contribution is -0.274. The SMILES string of the molecule is CCN(CC)S(=O)(=O)c1ccc(Nc2ncnc(Nc3ccc(OC(F)(F)F)cc3)c2N)cc1. The van der Waals surface area contributed by atoms with Crippen LogP contribution in [0.5, 0.6) is 5.75 Å². The van der Waals surface area contributed by atoms with E-state index in [0.29, 0.717) is 24.5 Å². The van der Waals surface area contributed by atoms with Crippen LogP contribution < -0.4 is 21.1 Å². The number of halogens is 3. The molecule has 0 aliphatic carbocycles. The smallest absolute Gasteiger partial charge is 0.406 e. The van der Waals surface area contributed by atoms with Crippen molar-refractivity contribution in [3.05, 3.63) is 54.9 Å². The predicted octanol–water partition coefficient (Wildman–Crippen LogP) is 4.48. The van der Waals surface area contributed by atoms with E-state index in [4.69, 9.17) is 5.73 Å². The van der Waals surface area contributed by atoms with Gasteiger partial charge in [-0.2, -0.15) is 4.31 Å². The van der Waals surface area contributed by atoms with Gasteiger partial charge in [0.15, 0.2) is 11.6 Å². The third kappa shape index (κ3) is 6.05. The second kappa shape index (κ2) is 10.1. The summed E-state index contributed by atoms with van der Waals surface area (Å²) >= 11 is 0. The second-order valence-electron chi connectivity index (χ2n) is 6.92. The van der Waals surface area contributed by atoms with E-state index in [1.54, 1.807) is 26.0 Å². The number of nitrogens with zero attached hydrogens (tertiary/aromatic N) is 3. The Morgan fingerprint density at radius 3 is 1.82 bits per heavy atom. The highest BCUT2D eigenvalue weighted by molar-refractivity contribution is 7.89. The molecule has 0 atom stereocenters. The van der Waals surface area contributed by atoms with E-state index in [0.717, 1.165) is 12.1 Å². The zero-order valence-electron chi connectivity index (χ0n) is 18.3. The number of ether oxygens (including phenoxy) is 1. The number of sulfonamides is 1. The van der Waals surface area contributed by atoms with Crippen LogP contribution in [-0.2, 0) is 10.0 Å². The van der Waals surface area contributed by atoms with Crippen LogP contribution in [0, 0.1) is 0 Å². The molecule has 0 bridgehead atoms. The minimum absolute atomic E-state index is 0.151. The van der Waals surface area contributed by atoms with E-state index in [9.17, 15) is 21.6 Å². The van der Waals surface area contributed by atoms with Gasteiger partial charge in [-0.3, -0.25) is 0 Å². The van der Waals surface area contributed by atoms with Gasteiger partial charge in [-0.05, 0) is 48.5 Å². The number of hydrogen-bond donors (Lipinski definition) is 3. The molecular weight excluding hydrogens is 473 g/mol. The van der Waals surface area contributed by atoms with Gasteiger partial charge in [-0.1, -0.05) is 13.8 Å². The number of nitrogens with one attached hydrogen (secondary N) is 2. The molecule has 1 heterocycles. The minimum atomic E-state index is -4.78. The first-order valence-electron chi connectivity index (χ1n) is 10.1. The Morgan fingerprint density at radius 2 is 1.38 bits per heavy atom. The fraction of sp³-hybridized carbons (Fsp3) is 0.238. The monoisotopic (exact) mass is 496 g/mol. The first-order valence-corrected chi connectivity index (χ1v) is 11.6. The maximum absolute atomic E-state index is 12.6.